The van der Waals surface area contributed by atoms with Crippen molar-refractivity contribution in [1.29, 1.82) is 0 Å². The molecule has 1 atom stereocenters. The number of aryl methyl sites for hydroxylation is 2. The lowest BCUT2D eigenvalue weighted by Gasteiger charge is -2.19. The van der Waals surface area contributed by atoms with Crippen molar-refractivity contribution < 1.29 is 14.4 Å². The van der Waals surface area contributed by atoms with E-state index in [4.69, 9.17) is 0 Å². The summed E-state index contributed by atoms with van der Waals surface area (Å²) in [6.45, 7) is 7.89. The molecule has 192 valence electrons. The van der Waals surface area contributed by atoms with Crippen LogP contribution in [0.4, 0.5) is 10.5 Å². The maximum Gasteiger partial charge on any atom is 0.293 e. The number of nitrogens with zero attached hydrogens (tertiary/aromatic N) is 2. The largest absolute Gasteiger partial charge is 0.322 e. The van der Waals surface area contributed by atoms with Crippen LogP contribution in [-0.2, 0) is 17.6 Å². The summed E-state index contributed by atoms with van der Waals surface area (Å²) in [5, 5.41) is 3.79. The van der Waals surface area contributed by atoms with Crippen LogP contribution in [-0.4, -0.2) is 32.6 Å². The van der Waals surface area contributed by atoms with Gasteiger partial charge in [0.25, 0.3) is 17.1 Å². The first-order valence-corrected chi connectivity index (χ1v) is 14.4. The van der Waals surface area contributed by atoms with Gasteiger partial charge in [0, 0.05) is 28.0 Å². The van der Waals surface area contributed by atoms with Gasteiger partial charge in [0.1, 0.15) is 5.00 Å². The van der Waals surface area contributed by atoms with Crippen LogP contribution in [0.1, 0.15) is 70.9 Å². The smallest absolute Gasteiger partial charge is 0.293 e. The molecule has 3 heterocycles. The summed E-state index contributed by atoms with van der Waals surface area (Å²) in [5.74, 6) is -0.326. The van der Waals surface area contributed by atoms with Crippen molar-refractivity contribution in [1.82, 2.24) is 9.47 Å². The Kier molecular flexibility index (Phi) is 7.14. The van der Waals surface area contributed by atoms with Crippen molar-refractivity contribution >= 4 is 51.9 Å². The molecule has 3 amide bonds. The maximum atomic E-state index is 13.6. The zero-order valence-corrected chi connectivity index (χ0v) is 23.2. The summed E-state index contributed by atoms with van der Waals surface area (Å²) < 4.78 is 2.13. The van der Waals surface area contributed by atoms with Crippen LogP contribution in [0, 0.1) is 13.8 Å². The molecule has 0 spiro atoms. The van der Waals surface area contributed by atoms with E-state index in [1.807, 2.05) is 70.2 Å². The van der Waals surface area contributed by atoms with Crippen molar-refractivity contribution in [2.45, 2.75) is 65.8 Å². The van der Waals surface area contributed by atoms with Gasteiger partial charge in [0.15, 0.2) is 0 Å². The Labute approximate surface area is 225 Å². The molecule has 2 aromatic heterocycles. The SMILES string of the molecule is CCC(C)N1C(=O)SC(=Cc2cc(C)n(-c3sc4c(c3C(=O)Nc3ccccc3)CCCC4)c2C)C1=O. The predicted octanol–water partition coefficient (Wildman–Crippen LogP) is 7.12. The molecule has 0 bridgehead atoms. The Balaban J connectivity index is 1.56. The molecular formula is C29H31N3O3S2. The van der Waals surface area contributed by atoms with E-state index in [1.165, 1.54) is 9.78 Å². The van der Waals surface area contributed by atoms with E-state index in [1.54, 1.807) is 11.3 Å². The summed E-state index contributed by atoms with van der Waals surface area (Å²) in [7, 11) is 0. The lowest BCUT2D eigenvalue weighted by molar-refractivity contribution is -0.124. The minimum absolute atomic E-state index is 0.0932. The summed E-state index contributed by atoms with van der Waals surface area (Å²) in [6, 6.07) is 11.4. The molecule has 6 nitrogen and oxygen atoms in total. The van der Waals surface area contributed by atoms with E-state index in [2.05, 4.69) is 9.88 Å². The van der Waals surface area contributed by atoms with Crippen molar-refractivity contribution in [3.63, 3.8) is 0 Å². The van der Waals surface area contributed by atoms with Crippen LogP contribution in [0.5, 0.6) is 0 Å². The monoisotopic (exact) mass is 533 g/mol. The van der Waals surface area contributed by atoms with E-state index in [0.29, 0.717) is 4.91 Å². The van der Waals surface area contributed by atoms with Gasteiger partial charge in [0.05, 0.1) is 10.5 Å². The molecule has 0 saturated carbocycles. The molecule has 1 aromatic carbocycles. The molecule has 1 N–H and O–H groups in total. The number of thioether (sulfide) groups is 1. The van der Waals surface area contributed by atoms with Gasteiger partial charge in [-0.1, -0.05) is 25.1 Å². The second kappa shape index (κ2) is 10.3. The average molecular weight is 534 g/mol. The molecule has 1 fully saturated rings. The van der Waals surface area contributed by atoms with Crippen LogP contribution in [0.3, 0.4) is 0 Å². The number of para-hydroxylation sites is 1. The number of hydrogen-bond donors (Lipinski definition) is 1. The maximum absolute atomic E-state index is 13.6. The minimum atomic E-state index is -0.233. The number of carbonyl (C=O) groups is 3. The van der Waals surface area contributed by atoms with E-state index < -0.39 is 0 Å². The van der Waals surface area contributed by atoms with Gasteiger partial charge >= 0.3 is 0 Å². The third kappa shape index (κ3) is 4.68. The van der Waals surface area contributed by atoms with Crippen LogP contribution in [0.2, 0.25) is 0 Å². The lowest BCUT2D eigenvalue weighted by atomic mass is 9.95. The number of carbonyl (C=O) groups excluding carboxylic acids is 3. The Morgan fingerprint density at radius 1 is 1.14 bits per heavy atom. The summed E-state index contributed by atoms with van der Waals surface area (Å²) in [6.07, 6.45) is 6.64. The van der Waals surface area contributed by atoms with Crippen LogP contribution >= 0.6 is 23.1 Å². The molecular weight excluding hydrogens is 502 g/mol. The standard InChI is InChI=1S/C29H31N3O3S2/c1-5-17(2)32-27(34)24(37-29(32)35)16-20-15-18(3)31(19(20)4)28-25(22-13-9-10-14-23(22)36-28)26(33)30-21-11-7-6-8-12-21/h6-8,11-12,15-17H,5,9-10,13-14H2,1-4H3,(H,30,33). The second-order valence-electron chi connectivity index (χ2n) is 9.68. The number of thiophene rings is 1. The lowest BCUT2D eigenvalue weighted by Crippen LogP contribution is -2.36. The molecule has 2 aliphatic rings. The van der Waals surface area contributed by atoms with Gasteiger partial charge in [-0.05, 0) is 100 Å². The average Bonchev–Trinajstić information content (AvgIpc) is 3.49. The van der Waals surface area contributed by atoms with Gasteiger partial charge in [-0.2, -0.15) is 0 Å². The number of fused-ring (bicyclic) bond motifs is 1. The first-order valence-electron chi connectivity index (χ1n) is 12.8. The fourth-order valence-corrected chi connectivity index (χ4v) is 7.51. The molecule has 37 heavy (non-hydrogen) atoms. The Morgan fingerprint density at radius 3 is 2.59 bits per heavy atom. The molecule has 5 rings (SSSR count). The molecule has 1 aliphatic heterocycles. The third-order valence-corrected chi connectivity index (χ3v) is 9.39. The highest BCUT2D eigenvalue weighted by Crippen LogP contribution is 2.40. The second-order valence-corrected chi connectivity index (χ2v) is 11.8. The number of imide groups is 1. The zero-order valence-electron chi connectivity index (χ0n) is 21.6. The Bertz CT molecular complexity index is 1420. The van der Waals surface area contributed by atoms with Gasteiger partial charge in [0.2, 0.25) is 0 Å². The number of hydrogen-bond acceptors (Lipinski definition) is 5. The first kappa shape index (κ1) is 25.5. The van der Waals surface area contributed by atoms with Crippen molar-refractivity contribution in [3.05, 3.63) is 74.3 Å². The summed E-state index contributed by atoms with van der Waals surface area (Å²) in [5.41, 5.74) is 5.48. The number of benzene rings is 1. The van der Waals surface area contributed by atoms with E-state index in [9.17, 15) is 14.4 Å². The van der Waals surface area contributed by atoms with Crippen LogP contribution in [0.25, 0.3) is 11.1 Å². The van der Waals surface area contributed by atoms with Crippen LogP contribution < -0.4 is 5.32 Å². The fourth-order valence-electron chi connectivity index (χ4n) is 5.09. The topological polar surface area (TPSA) is 71.4 Å². The van der Waals surface area contributed by atoms with E-state index >= 15 is 0 Å². The Morgan fingerprint density at radius 2 is 1.86 bits per heavy atom. The summed E-state index contributed by atoms with van der Waals surface area (Å²) >= 11 is 2.69. The number of aromatic nitrogens is 1. The molecule has 1 aliphatic carbocycles. The first-order chi connectivity index (χ1) is 17.8. The summed E-state index contributed by atoms with van der Waals surface area (Å²) in [4.78, 5) is 42.2. The molecule has 3 aromatic rings. The van der Waals surface area contributed by atoms with Crippen LogP contribution in [0.15, 0.2) is 41.3 Å². The Hall–Kier alpha value is -3.10. The number of nitrogens with one attached hydrogen (secondary N) is 1. The van der Waals surface area contributed by atoms with Crippen molar-refractivity contribution in [2.75, 3.05) is 5.32 Å². The molecule has 1 unspecified atom stereocenters. The number of amides is 3. The quantitative estimate of drug-likeness (QED) is 0.343. The minimum Gasteiger partial charge on any atom is -0.322 e. The molecule has 8 heteroatoms. The van der Waals surface area contributed by atoms with Gasteiger partial charge in [-0.15, -0.1) is 11.3 Å². The third-order valence-electron chi connectivity index (χ3n) is 7.23. The highest BCUT2D eigenvalue weighted by molar-refractivity contribution is 8.18. The zero-order chi connectivity index (χ0) is 26.3. The number of rotatable bonds is 6. The van der Waals surface area contributed by atoms with Gasteiger partial charge in [-0.25, -0.2) is 0 Å². The van der Waals surface area contributed by atoms with Gasteiger partial charge in [-0.3, -0.25) is 19.3 Å². The molecule has 1 saturated heterocycles. The van der Waals surface area contributed by atoms with E-state index in [0.717, 1.165) is 82.6 Å². The normalized spacial score (nSPS) is 17.4. The predicted molar refractivity (Wildman–Crippen MR) is 152 cm³/mol. The van der Waals surface area contributed by atoms with Crippen molar-refractivity contribution in [2.24, 2.45) is 0 Å². The fraction of sp³-hybridized carbons (Fsp3) is 0.345. The van der Waals surface area contributed by atoms with Gasteiger partial charge < -0.3 is 9.88 Å². The molecule has 0 radical (unpaired) electrons. The highest BCUT2D eigenvalue weighted by Gasteiger charge is 2.38. The van der Waals surface area contributed by atoms with Crippen molar-refractivity contribution in [3.8, 4) is 5.00 Å². The number of anilines is 1. The van der Waals surface area contributed by atoms with E-state index in [-0.39, 0.29) is 23.1 Å². The highest BCUT2D eigenvalue weighted by atomic mass is 32.2.